The van der Waals surface area contributed by atoms with Crippen LogP contribution in [0.3, 0.4) is 0 Å². The van der Waals surface area contributed by atoms with Crippen molar-refractivity contribution in [3.8, 4) is 11.4 Å². The highest BCUT2D eigenvalue weighted by Crippen LogP contribution is 2.36. The molecule has 0 radical (unpaired) electrons. The fourth-order valence-electron chi connectivity index (χ4n) is 2.62. The highest BCUT2D eigenvalue weighted by atomic mass is 32.2. The van der Waals surface area contributed by atoms with Crippen molar-refractivity contribution in [2.45, 2.75) is 17.3 Å². The van der Waals surface area contributed by atoms with Gasteiger partial charge in [-0.2, -0.15) is 4.68 Å². The first-order chi connectivity index (χ1) is 14.0. The molecule has 0 unspecified atom stereocenters. The Labute approximate surface area is 171 Å². The van der Waals surface area contributed by atoms with Gasteiger partial charge in [0.1, 0.15) is 16.7 Å². The maximum atomic E-state index is 12.8. The number of hydrogen-bond acceptors (Lipinski definition) is 7. The number of aromatic nitrogens is 4. The van der Waals surface area contributed by atoms with E-state index in [1.54, 1.807) is 7.11 Å². The molecule has 3 amide bonds. The summed E-state index contributed by atoms with van der Waals surface area (Å²) in [5.41, 5.74) is 2.37. The average Bonchev–Trinajstić information content (AvgIpc) is 3.20. The van der Waals surface area contributed by atoms with E-state index in [-0.39, 0.29) is 0 Å². The summed E-state index contributed by atoms with van der Waals surface area (Å²) in [4.78, 5) is 24.4. The lowest BCUT2D eigenvalue weighted by Gasteiger charge is -2.16. The molecule has 9 nitrogen and oxygen atoms in total. The first-order valence-electron chi connectivity index (χ1n) is 8.71. The van der Waals surface area contributed by atoms with Crippen LogP contribution in [-0.2, 0) is 4.79 Å². The molecule has 1 heterocycles. The second kappa shape index (κ2) is 9.20. The Morgan fingerprint density at radius 2 is 1.93 bits per heavy atom. The molecule has 0 saturated heterocycles. The number of benzene rings is 2. The van der Waals surface area contributed by atoms with E-state index in [1.807, 2.05) is 55.5 Å². The Balaban J connectivity index is 1.98. The van der Waals surface area contributed by atoms with Crippen LogP contribution in [0.2, 0.25) is 0 Å². The van der Waals surface area contributed by atoms with E-state index in [0.717, 1.165) is 17.3 Å². The summed E-state index contributed by atoms with van der Waals surface area (Å²) in [6.45, 7) is 1.95. The number of nitrogens with zero attached hydrogens (tertiary/aromatic N) is 4. The van der Waals surface area contributed by atoms with Crippen molar-refractivity contribution in [1.82, 2.24) is 30.8 Å². The summed E-state index contributed by atoms with van der Waals surface area (Å²) in [5, 5.41) is 16.2. The number of thioether (sulfide) groups is 1. The molecule has 3 rings (SSSR count). The molecule has 1 atom stereocenters. The number of hydrogen-bond donors (Lipinski definition) is 2. The quantitative estimate of drug-likeness (QED) is 0.598. The van der Waals surface area contributed by atoms with Crippen LogP contribution in [0.4, 0.5) is 4.79 Å². The van der Waals surface area contributed by atoms with Crippen LogP contribution >= 0.6 is 11.8 Å². The SMILES string of the molecule is CNC(=O)NC(=O)[C@H](Sc1nnnn1-c1cc(C)ccc1OC)c1ccccc1. The van der Waals surface area contributed by atoms with Crippen LogP contribution in [0.15, 0.2) is 53.7 Å². The van der Waals surface area contributed by atoms with Gasteiger partial charge in [-0.15, -0.1) is 5.10 Å². The number of aryl methyl sites for hydroxylation is 1. The molecule has 0 spiro atoms. The van der Waals surface area contributed by atoms with Crippen LogP contribution < -0.4 is 15.4 Å². The van der Waals surface area contributed by atoms with E-state index in [2.05, 4.69) is 26.2 Å². The van der Waals surface area contributed by atoms with Crippen molar-refractivity contribution in [1.29, 1.82) is 0 Å². The molecular formula is C19H20N6O3S. The highest BCUT2D eigenvalue weighted by Gasteiger charge is 2.27. The first-order valence-corrected chi connectivity index (χ1v) is 9.59. The van der Waals surface area contributed by atoms with E-state index in [0.29, 0.717) is 22.2 Å². The number of ether oxygens (including phenoxy) is 1. The van der Waals surface area contributed by atoms with Crippen LogP contribution in [0, 0.1) is 6.92 Å². The number of rotatable bonds is 6. The fourth-order valence-corrected chi connectivity index (χ4v) is 3.60. The van der Waals surface area contributed by atoms with Crippen molar-refractivity contribution in [2.24, 2.45) is 0 Å². The monoisotopic (exact) mass is 412 g/mol. The third-order valence-electron chi connectivity index (χ3n) is 4.03. The predicted molar refractivity (Wildman–Crippen MR) is 108 cm³/mol. The Bertz CT molecular complexity index is 1010. The van der Waals surface area contributed by atoms with E-state index in [9.17, 15) is 9.59 Å². The number of amides is 3. The van der Waals surface area contributed by atoms with Gasteiger partial charge in [-0.05, 0) is 40.6 Å². The smallest absolute Gasteiger partial charge is 0.321 e. The number of carbonyl (C=O) groups is 2. The van der Waals surface area contributed by atoms with Gasteiger partial charge in [0, 0.05) is 7.05 Å². The zero-order valence-electron chi connectivity index (χ0n) is 16.1. The van der Waals surface area contributed by atoms with Crippen LogP contribution in [0.5, 0.6) is 5.75 Å². The number of tetrazole rings is 1. The minimum Gasteiger partial charge on any atom is -0.494 e. The molecule has 0 saturated carbocycles. The summed E-state index contributed by atoms with van der Waals surface area (Å²) in [5.74, 6) is 0.113. The zero-order valence-corrected chi connectivity index (χ0v) is 16.9. The molecule has 0 fully saturated rings. The van der Waals surface area contributed by atoms with Crippen LogP contribution in [0.25, 0.3) is 5.69 Å². The summed E-state index contributed by atoms with van der Waals surface area (Å²) < 4.78 is 6.94. The molecule has 1 aromatic heterocycles. The van der Waals surface area contributed by atoms with Gasteiger partial charge in [0.2, 0.25) is 11.1 Å². The van der Waals surface area contributed by atoms with Gasteiger partial charge in [-0.3, -0.25) is 10.1 Å². The number of imide groups is 1. The lowest BCUT2D eigenvalue weighted by Crippen LogP contribution is -2.39. The van der Waals surface area contributed by atoms with Gasteiger partial charge in [-0.1, -0.05) is 48.2 Å². The summed E-state index contributed by atoms with van der Waals surface area (Å²) in [6, 6.07) is 14.2. The van der Waals surface area contributed by atoms with E-state index < -0.39 is 17.2 Å². The van der Waals surface area contributed by atoms with E-state index in [4.69, 9.17) is 4.74 Å². The first kappa shape index (κ1) is 20.3. The number of carbonyl (C=O) groups excluding carboxylic acids is 2. The summed E-state index contributed by atoms with van der Waals surface area (Å²) >= 11 is 1.13. The van der Waals surface area contributed by atoms with Crippen LogP contribution in [-0.4, -0.2) is 46.3 Å². The lowest BCUT2D eigenvalue weighted by atomic mass is 10.1. The average molecular weight is 412 g/mol. The molecule has 2 N–H and O–H groups in total. The lowest BCUT2D eigenvalue weighted by molar-refractivity contribution is -0.119. The van der Waals surface area contributed by atoms with Crippen molar-refractivity contribution in [3.05, 3.63) is 59.7 Å². The van der Waals surface area contributed by atoms with Crippen molar-refractivity contribution >= 4 is 23.7 Å². The maximum absolute atomic E-state index is 12.8. The van der Waals surface area contributed by atoms with Gasteiger partial charge in [0.05, 0.1) is 7.11 Å². The number of nitrogens with one attached hydrogen (secondary N) is 2. The largest absolute Gasteiger partial charge is 0.494 e. The standard InChI is InChI=1S/C19H20N6O3S/c1-12-9-10-15(28-3)14(11-12)25-19(22-23-24-25)29-16(13-7-5-4-6-8-13)17(26)21-18(27)20-2/h4-11,16H,1-3H3,(H2,20,21,26,27)/t16-/m1/s1. The normalized spacial score (nSPS) is 11.6. The maximum Gasteiger partial charge on any atom is 0.321 e. The zero-order chi connectivity index (χ0) is 20.8. The highest BCUT2D eigenvalue weighted by molar-refractivity contribution is 8.00. The van der Waals surface area contributed by atoms with Gasteiger partial charge in [-0.25, -0.2) is 4.79 Å². The van der Waals surface area contributed by atoms with Gasteiger partial charge in [0.25, 0.3) is 0 Å². The Hall–Kier alpha value is -3.40. The second-order valence-corrected chi connectivity index (χ2v) is 7.10. The molecule has 0 aliphatic rings. The summed E-state index contributed by atoms with van der Waals surface area (Å²) in [7, 11) is 3.01. The molecule has 0 aliphatic heterocycles. The van der Waals surface area contributed by atoms with Gasteiger partial charge in [0.15, 0.2) is 0 Å². The fraction of sp³-hybridized carbons (Fsp3) is 0.211. The third-order valence-corrected chi connectivity index (χ3v) is 5.22. The number of methoxy groups -OCH3 is 1. The number of urea groups is 1. The van der Waals surface area contributed by atoms with E-state index >= 15 is 0 Å². The topological polar surface area (TPSA) is 111 Å². The van der Waals surface area contributed by atoms with E-state index in [1.165, 1.54) is 11.7 Å². The molecule has 29 heavy (non-hydrogen) atoms. The van der Waals surface area contributed by atoms with Crippen molar-refractivity contribution < 1.29 is 14.3 Å². The predicted octanol–water partition coefficient (Wildman–Crippen LogP) is 2.27. The Morgan fingerprint density at radius 1 is 1.17 bits per heavy atom. The van der Waals surface area contributed by atoms with Crippen molar-refractivity contribution in [2.75, 3.05) is 14.2 Å². The molecule has 0 bridgehead atoms. The third kappa shape index (κ3) is 4.72. The van der Waals surface area contributed by atoms with Gasteiger partial charge >= 0.3 is 6.03 Å². The molecule has 3 aromatic rings. The minimum atomic E-state index is -0.742. The molecule has 2 aromatic carbocycles. The van der Waals surface area contributed by atoms with Crippen LogP contribution in [0.1, 0.15) is 16.4 Å². The second-order valence-electron chi connectivity index (χ2n) is 6.03. The molecule has 10 heteroatoms. The Kier molecular flexibility index (Phi) is 6.45. The molecule has 150 valence electrons. The molecule has 0 aliphatic carbocycles. The van der Waals surface area contributed by atoms with Gasteiger partial charge < -0.3 is 10.1 Å². The van der Waals surface area contributed by atoms with Crippen molar-refractivity contribution in [3.63, 3.8) is 0 Å². The Morgan fingerprint density at radius 3 is 2.62 bits per heavy atom. The summed E-state index contributed by atoms with van der Waals surface area (Å²) in [6.07, 6.45) is 0. The minimum absolute atomic E-state index is 0.384. The molecular weight excluding hydrogens is 392 g/mol.